The van der Waals surface area contributed by atoms with Gasteiger partial charge in [0, 0.05) is 11.3 Å². The van der Waals surface area contributed by atoms with Crippen LogP contribution in [0.3, 0.4) is 0 Å². The number of methoxy groups -OCH3 is 2. The quantitative estimate of drug-likeness (QED) is 0.639. The summed E-state index contributed by atoms with van der Waals surface area (Å²) in [6, 6.07) is 3.18. The Morgan fingerprint density at radius 3 is 2.68 bits per heavy atom. The number of carbonyl (C=O) groups excluding carboxylic acids is 1. The second kappa shape index (κ2) is 7.41. The van der Waals surface area contributed by atoms with E-state index < -0.39 is 0 Å². The van der Waals surface area contributed by atoms with Gasteiger partial charge < -0.3 is 9.47 Å². The highest BCUT2D eigenvalue weighted by Gasteiger charge is 2.17. The number of nitrogens with zero attached hydrogens (tertiary/aromatic N) is 3. The van der Waals surface area contributed by atoms with E-state index in [1.54, 1.807) is 23.9 Å². The molecule has 0 fully saturated rings. The van der Waals surface area contributed by atoms with Crippen molar-refractivity contribution in [3.8, 4) is 11.8 Å². The van der Waals surface area contributed by atoms with Crippen molar-refractivity contribution in [1.82, 2.24) is 15.2 Å². The van der Waals surface area contributed by atoms with Crippen molar-refractivity contribution < 1.29 is 14.3 Å². The Morgan fingerprint density at radius 2 is 2.05 bits per heavy atom. The fourth-order valence-corrected chi connectivity index (χ4v) is 3.51. The lowest BCUT2D eigenvalue weighted by Crippen LogP contribution is -2.14. The summed E-state index contributed by atoms with van der Waals surface area (Å²) in [6.07, 6.45) is 0. The van der Waals surface area contributed by atoms with Gasteiger partial charge in [0.15, 0.2) is 4.34 Å². The second-order valence-electron chi connectivity index (χ2n) is 4.40. The molecule has 0 aliphatic carbocycles. The molecule has 22 heavy (non-hydrogen) atoms. The molecule has 2 rings (SSSR count). The molecule has 2 aromatic rings. The number of ether oxygens (including phenoxy) is 2. The van der Waals surface area contributed by atoms with E-state index in [-0.39, 0.29) is 11.8 Å². The smallest absolute Gasteiger partial charge is 0.262 e. The van der Waals surface area contributed by atoms with Gasteiger partial charge in [-0.15, -0.1) is 10.2 Å². The number of anilines is 1. The number of hydrogen-bond donors (Lipinski definition) is 1. The summed E-state index contributed by atoms with van der Waals surface area (Å²) < 4.78 is 10.9. The van der Waals surface area contributed by atoms with E-state index in [2.05, 4.69) is 34.3 Å². The van der Waals surface area contributed by atoms with E-state index in [0.717, 1.165) is 4.34 Å². The van der Waals surface area contributed by atoms with Crippen LogP contribution in [-0.2, 0) is 0 Å². The molecule has 0 aliphatic heterocycles. The van der Waals surface area contributed by atoms with Crippen LogP contribution in [0.2, 0.25) is 0 Å². The van der Waals surface area contributed by atoms with E-state index in [9.17, 15) is 4.79 Å². The van der Waals surface area contributed by atoms with Crippen LogP contribution in [0.4, 0.5) is 5.13 Å². The molecule has 0 spiro atoms. The highest BCUT2D eigenvalue weighted by atomic mass is 32.2. The topological polar surface area (TPSA) is 86.2 Å². The molecular formula is C13H16N4O3S2. The maximum Gasteiger partial charge on any atom is 0.262 e. The molecule has 7 nitrogen and oxygen atoms in total. The third-order valence-corrected chi connectivity index (χ3v) is 4.37. The first-order chi connectivity index (χ1) is 10.5. The number of aromatic nitrogens is 3. The lowest BCUT2D eigenvalue weighted by molar-refractivity contribution is 0.102. The molecule has 1 amide bonds. The number of nitrogens with one attached hydrogen (secondary N) is 1. The van der Waals surface area contributed by atoms with Gasteiger partial charge in [-0.3, -0.25) is 10.1 Å². The molecule has 0 radical (unpaired) electrons. The molecule has 0 saturated heterocycles. The zero-order valence-electron chi connectivity index (χ0n) is 12.6. The van der Waals surface area contributed by atoms with Crippen molar-refractivity contribution >= 4 is 34.1 Å². The Morgan fingerprint density at radius 1 is 1.27 bits per heavy atom. The summed E-state index contributed by atoms with van der Waals surface area (Å²) >= 11 is 2.92. The largest absolute Gasteiger partial charge is 0.481 e. The first-order valence-electron chi connectivity index (χ1n) is 6.44. The Hall–Kier alpha value is -1.87. The second-order valence-corrected chi connectivity index (χ2v) is 7.21. The SMILES string of the molecule is COc1ccc(C(=O)Nc2nnc(SC(C)C)s2)c(OC)n1. The minimum Gasteiger partial charge on any atom is -0.481 e. The van der Waals surface area contributed by atoms with Gasteiger partial charge in [-0.05, 0) is 6.07 Å². The van der Waals surface area contributed by atoms with Crippen LogP contribution in [0, 0.1) is 0 Å². The summed E-state index contributed by atoms with van der Waals surface area (Å²) in [5, 5.41) is 11.5. The van der Waals surface area contributed by atoms with E-state index in [1.165, 1.54) is 25.6 Å². The summed E-state index contributed by atoms with van der Waals surface area (Å²) in [5.74, 6) is 0.210. The Labute approximate surface area is 136 Å². The van der Waals surface area contributed by atoms with Crippen molar-refractivity contribution in [3.63, 3.8) is 0 Å². The van der Waals surface area contributed by atoms with Gasteiger partial charge in [-0.1, -0.05) is 36.9 Å². The van der Waals surface area contributed by atoms with Crippen molar-refractivity contribution in [1.29, 1.82) is 0 Å². The van der Waals surface area contributed by atoms with E-state index in [4.69, 9.17) is 9.47 Å². The first-order valence-corrected chi connectivity index (χ1v) is 8.13. The average molecular weight is 340 g/mol. The molecule has 0 aliphatic rings. The fraction of sp³-hybridized carbons (Fsp3) is 0.385. The van der Waals surface area contributed by atoms with Gasteiger partial charge in [0.2, 0.25) is 16.9 Å². The summed E-state index contributed by atoms with van der Waals surface area (Å²) in [4.78, 5) is 16.4. The van der Waals surface area contributed by atoms with Gasteiger partial charge in [-0.2, -0.15) is 4.98 Å². The van der Waals surface area contributed by atoms with Gasteiger partial charge in [0.05, 0.1) is 14.2 Å². The summed E-state index contributed by atoms with van der Waals surface area (Å²) in [5.41, 5.74) is 0.302. The predicted molar refractivity (Wildman–Crippen MR) is 86.2 cm³/mol. The van der Waals surface area contributed by atoms with Crippen LogP contribution >= 0.6 is 23.1 Å². The molecule has 0 aromatic carbocycles. The number of hydrogen-bond acceptors (Lipinski definition) is 8. The molecule has 2 aromatic heterocycles. The average Bonchev–Trinajstić information content (AvgIpc) is 2.92. The zero-order valence-corrected chi connectivity index (χ0v) is 14.2. The van der Waals surface area contributed by atoms with Crippen LogP contribution < -0.4 is 14.8 Å². The number of carbonyl (C=O) groups is 1. The van der Waals surface area contributed by atoms with Crippen LogP contribution in [0.5, 0.6) is 11.8 Å². The van der Waals surface area contributed by atoms with Crippen LogP contribution in [0.15, 0.2) is 16.5 Å². The van der Waals surface area contributed by atoms with Crippen LogP contribution in [0.1, 0.15) is 24.2 Å². The summed E-state index contributed by atoms with van der Waals surface area (Å²) in [7, 11) is 2.94. The van der Waals surface area contributed by atoms with Crippen molar-refractivity contribution in [3.05, 3.63) is 17.7 Å². The Kier molecular flexibility index (Phi) is 5.56. The van der Waals surface area contributed by atoms with Gasteiger partial charge in [0.25, 0.3) is 5.91 Å². The maximum atomic E-state index is 12.3. The fourth-order valence-electron chi connectivity index (χ4n) is 1.54. The minimum absolute atomic E-state index is 0.193. The van der Waals surface area contributed by atoms with Crippen molar-refractivity contribution in [2.75, 3.05) is 19.5 Å². The predicted octanol–water partition coefficient (Wildman–Crippen LogP) is 2.70. The summed E-state index contributed by atoms with van der Waals surface area (Å²) in [6.45, 7) is 4.14. The van der Waals surface area contributed by atoms with Crippen molar-refractivity contribution in [2.45, 2.75) is 23.4 Å². The normalized spacial score (nSPS) is 10.6. The highest BCUT2D eigenvalue weighted by Crippen LogP contribution is 2.29. The van der Waals surface area contributed by atoms with Gasteiger partial charge in [-0.25, -0.2) is 0 Å². The third-order valence-electron chi connectivity index (χ3n) is 2.45. The lowest BCUT2D eigenvalue weighted by Gasteiger charge is -2.08. The number of thioether (sulfide) groups is 1. The third kappa shape index (κ3) is 4.08. The Balaban J connectivity index is 2.13. The molecular weight excluding hydrogens is 324 g/mol. The highest BCUT2D eigenvalue weighted by molar-refractivity contribution is 8.01. The molecule has 0 atom stereocenters. The number of pyridine rings is 1. The maximum absolute atomic E-state index is 12.3. The van der Waals surface area contributed by atoms with Crippen LogP contribution in [-0.4, -0.2) is 40.6 Å². The molecule has 0 bridgehead atoms. The Bertz CT molecular complexity index is 660. The standard InChI is InChI=1S/C13H16N4O3S2/c1-7(2)21-13-17-16-12(22-13)15-10(18)8-5-6-9(19-3)14-11(8)20-4/h5-7H,1-4H3,(H,15,16,18). The number of rotatable bonds is 6. The lowest BCUT2D eigenvalue weighted by atomic mass is 10.2. The first kappa shape index (κ1) is 16.5. The van der Waals surface area contributed by atoms with Crippen LogP contribution in [0.25, 0.3) is 0 Å². The van der Waals surface area contributed by atoms with Crippen molar-refractivity contribution in [2.24, 2.45) is 0 Å². The van der Waals surface area contributed by atoms with E-state index in [0.29, 0.717) is 21.8 Å². The molecule has 0 unspecified atom stereocenters. The molecule has 1 N–H and O–H groups in total. The van der Waals surface area contributed by atoms with E-state index in [1.807, 2.05) is 0 Å². The number of amides is 1. The molecule has 0 saturated carbocycles. The molecule has 118 valence electrons. The van der Waals surface area contributed by atoms with Gasteiger partial charge >= 0.3 is 0 Å². The van der Waals surface area contributed by atoms with Gasteiger partial charge in [0.1, 0.15) is 5.56 Å². The molecule has 9 heteroatoms. The van der Waals surface area contributed by atoms with E-state index >= 15 is 0 Å². The zero-order chi connectivity index (χ0) is 16.1. The minimum atomic E-state index is -0.357. The molecule has 2 heterocycles. The monoisotopic (exact) mass is 340 g/mol.